The number of fused-ring (bicyclic) bond motifs is 6. The number of hydrogen-bond acceptors (Lipinski definition) is 3. The van der Waals surface area contributed by atoms with Crippen LogP contribution in [0.25, 0.3) is 88.4 Å². The van der Waals surface area contributed by atoms with Gasteiger partial charge in [-0.25, -0.2) is 0 Å². The van der Waals surface area contributed by atoms with Crippen molar-refractivity contribution in [3.05, 3.63) is 212 Å². The maximum Gasteiger partial charge on any atom is 0.143 e. The number of hydrogen-bond donors (Lipinski definition) is 0. The second-order valence-corrected chi connectivity index (χ2v) is 14.5. The summed E-state index contributed by atoms with van der Waals surface area (Å²) in [6.07, 6.45) is 0. The fraction of sp³-hybridized carbons (Fsp3) is 0. The summed E-state index contributed by atoms with van der Waals surface area (Å²) in [4.78, 5) is 2.32. The largest absolute Gasteiger partial charge is 0.456 e. The van der Waals surface area contributed by atoms with Gasteiger partial charge in [-0.3, -0.25) is 0 Å². The summed E-state index contributed by atoms with van der Waals surface area (Å²) in [6, 6.07) is 75.0. The third kappa shape index (κ3) is 5.76. The van der Waals surface area contributed by atoms with Crippen molar-refractivity contribution in [1.29, 1.82) is 0 Å². The molecule has 0 saturated carbocycles. The zero-order valence-corrected chi connectivity index (χ0v) is 31.0. The van der Waals surface area contributed by atoms with Crippen LogP contribution in [0.3, 0.4) is 0 Å². The molecule has 11 rings (SSSR count). The molecule has 2 heterocycles. The first kappa shape index (κ1) is 32.8. The Morgan fingerprint density at radius 3 is 1.32 bits per heavy atom. The Bertz CT molecular complexity index is 3110. The molecule has 0 aliphatic heterocycles. The Kier molecular flexibility index (Phi) is 7.82. The molecule has 3 heteroatoms. The van der Waals surface area contributed by atoms with Gasteiger partial charge in [-0.2, -0.15) is 0 Å². The van der Waals surface area contributed by atoms with Crippen LogP contribution in [0.2, 0.25) is 0 Å². The van der Waals surface area contributed by atoms with Crippen molar-refractivity contribution in [3.8, 4) is 44.5 Å². The first-order chi connectivity index (χ1) is 28.2. The molecular formula is C54H35NO2. The number of nitrogens with zero attached hydrogens (tertiary/aromatic N) is 1. The molecule has 0 fully saturated rings. The monoisotopic (exact) mass is 729 g/mol. The van der Waals surface area contributed by atoms with Crippen LogP contribution < -0.4 is 4.90 Å². The van der Waals surface area contributed by atoms with Crippen LogP contribution in [0.4, 0.5) is 17.1 Å². The number of benzene rings is 9. The van der Waals surface area contributed by atoms with Crippen LogP contribution in [0.1, 0.15) is 0 Å². The third-order valence-corrected chi connectivity index (χ3v) is 11.1. The highest BCUT2D eigenvalue weighted by Gasteiger charge is 2.19. The minimum absolute atomic E-state index is 0.867. The molecular weight excluding hydrogens is 695 g/mol. The summed E-state index contributed by atoms with van der Waals surface area (Å²) in [7, 11) is 0. The van der Waals surface area contributed by atoms with E-state index in [9.17, 15) is 0 Å². The molecule has 0 radical (unpaired) electrons. The molecule has 0 N–H and O–H groups in total. The van der Waals surface area contributed by atoms with E-state index in [1.165, 1.54) is 22.3 Å². The summed E-state index contributed by atoms with van der Waals surface area (Å²) in [5.74, 6) is 0. The fourth-order valence-electron chi connectivity index (χ4n) is 8.29. The van der Waals surface area contributed by atoms with Gasteiger partial charge in [0.2, 0.25) is 0 Å². The molecule has 0 saturated heterocycles. The summed E-state index contributed by atoms with van der Waals surface area (Å²) in [6.45, 7) is 0. The summed E-state index contributed by atoms with van der Waals surface area (Å²) < 4.78 is 13.0. The fourth-order valence-corrected chi connectivity index (χ4v) is 8.29. The Morgan fingerprint density at radius 2 is 0.719 bits per heavy atom. The van der Waals surface area contributed by atoms with E-state index in [-0.39, 0.29) is 0 Å². The van der Waals surface area contributed by atoms with E-state index < -0.39 is 0 Å². The van der Waals surface area contributed by atoms with Gasteiger partial charge in [-0.15, -0.1) is 0 Å². The van der Waals surface area contributed by atoms with Crippen molar-refractivity contribution < 1.29 is 8.83 Å². The van der Waals surface area contributed by atoms with Crippen LogP contribution >= 0.6 is 0 Å². The smallest absolute Gasteiger partial charge is 0.143 e. The lowest BCUT2D eigenvalue weighted by molar-refractivity contribution is 0.668. The minimum atomic E-state index is 0.867. The molecule has 268 valence electrons. The average Bonchev–Trinajstić information content (AvgIpc) is 3.86. The lowest BCUT2D eigenvalue weighted by atomic mass is 9.94. The van der Waals surface area contributed by atoms with E-state index in [1.54, 1.807) is 0 Å². The molecule has 0 aliphatic carbocycles. The van der Waals surface area contributed by atoms with Gasteiger partial charge >= 0.3 is 0 Å². The zero-order valence-electron chi connectivity index (χ0n) is 31.0. The van der Waals surface area contributed by atoms with Crippen LogP contribution in [0, 0.1) is 0 Å². The molecule has 0 bridgehead atoms. The number of anilines is 3. The third-order valence-electron chi connectivity index (χ3n) is 11.1. The first-order valence-electron chi connectivity index (χ1n) is 19.3. The summed E-state index contributed by atoms with van der Waals surface area (Å²) in [5.41, 5.74) is 15.9. The Labute approximate surface area is 330 Å². The molecule has 0 aliphatic rings. The van der Waals surface area contributed by atoms with E-state index in [1.807, 2.05) is 18.2 Å². The molecule has 9 aromatic carbocycles. The minimum Gasteiger partial charge on any atom is -0.456 e. The summed E-state index contributed by atoms with van der Waals surface area (Å²) >= 11 is 0. The Balaban J connectivity index is 1.00. The van der Waals surface area contributed by atoms with E-state index in [0.717, 1.165) is 83.2 Å². The van der Waals surface area contributed by atoms with Crippen LogP contribution in [0.15, 0.2) is 221 Å². The van der Waals surface area contributed by atoms with E-state index in [2.05, 4.69) is 199 Å². The predicted octanol–water partition coefficient (Wildman–Crippen LogP) is 15.6. The lowest BCUT2D eigenvalue weighted by Gasteiger charge is -2.26. The normalized spacial score (nSPS) is 11.5. The maximum atomic E-state index is 6.71. The second kappa shape index (κ2) is 13.6. The molecule has 57 heavy (non-hydrogen) atoms. The Morgan fingerprint density at radius 1 is 0.281 bits per heavy atom. The second-order valence-electron chi connectivity index (χ2n) is 14.5. The van der Waals surface area contributed by atoms with Crippen molar-refractivity contribution >= 4 is 60.9 Å². The van der Waals surface area contributed by atoms with E-state index in [4.69, 9.17) is 8.83 Å². The highest BCUT2D eigenvalue weighted by atomic mass is 16.3. The van der Waals surface area contributed by atoms with Gasteiger partial charge in [-0.1, -0.05) is 146 Å². The van der Waals surface area contributed by atoms with Gasteiger partial charge in [0.15, 0.2) is 0 Å². The number of furan rings is 2. The standard InChI is InChI=1S/C54H35NO2/c1-3-11-36(12-4-1)38-19-26-42(27-20-38)55(43-28-21-39(22-29-43)37-13-5-2-6-14-37)44-30-23-40(24-31-44)46-34-33-45(53-49-16-8-10-18-51(49)57-54(46)53)41-25-32-48-47-15-7-9-17-50(47)56-52(48)35-41/h1-35H. The predicted molar refractivity (Wildman–Crippen MR) is 237 cm³/mol. The van der Waals surface area contributed by atoms with Crippen LogP contribution in [0.5, 0.6) is 0 Å². The molecule has 0 spiro atoms. The van der Waals surface area contributed by atoms with Gasteiger partial charge in [0, 0.05) is 44.2 Å². The van der Waals surface area contributed by atoms with Crippen molar-refractivity contribution in [2.75, 3.05) is 4.90 Å². The van der Waals surface area contributed by atoms with Crippen LogP contribution in [-0.4, -0.2) is 0 Å². The SMILES string of the molecule is c1ccc(-c2ccc(N(c3ccc(-c4ccccc4)cc3)c3ccc(-c4ccc(-c5ccc6c(c5)oc5ccccc56)c5c4oc4ccccc45)cc3)cc2)cc1. The van der Waals surface area contributed by atoms with E-state index in [0.29, 0.717) is 0 Å². The highest BCUT2D eigenvalue weighted by Crippen LogP contribution is 2.44. The number of para-hydroxylation sites is 2. The van der Waals surface area contributed by atoms with Gasteiger partial charge in [-0.05, 0) is 106 Å². The zero-order chi connectivity index (χ0) is 37.7. The topological polar surface area (TPSA) is 29.5 Å². The van der Waals surface area contributed by atoms with Gasteiger partial charge in [0.05, 0.1) is 0 Å². The van der Waals surface area contributed by atoms with Crippen molar-refractivity contribution in [2.45, 2.75) is 0 Å². The number of rotatable bonds is 7. The summed E-state index contributed by atoms with van der Waals surface area (Å²) in [5, 5.41) is 4.44. The Hall–Kier alpha value is -7.62. The molecule has 0 atom stereocenters. The van der Waals surface area contributed by atoms with Gasteiger partial charge < -0.3 is 13.7 Å². The lowest BCUT2D eigenvalue weighted by Crippen LogP contribution is -2.09. The van der Waals surface area contributed by atoms with Crippen molar-refractivity contribution in [1.82, 2.24) is 0 Å². The molecule has 0 unspecified atom stereocenters. The molecule has 3 nitrogen and oxygen atoms in total. The first-order valence-corrected chi connectivity index (χ1v) is 19.3. The van der Waals surface area contributed by atoms with Crippen molar-refractivity contribution in [3.63, 3.8) is 0 Å². The van der Waals surface area contributed by atoms with Gasteiger partial charge in [0.1, 0.15) is 22.3 Å². The molecule has 11 aromatic rings. The van der Waals surface area contributed by atoms with E-state index >= 15 is 0 Å². The molecule has 2 aromatic heterocycles. The highest BCUT2D eigenvalue weighted by molar-refractivity contribution is 6.17. The van der Waals surface area contributed by atoms with Gasteiger partial charge in [0.25, 0.3) is 0 Å². The average molecular weight is 730 g/mol. The van der Waals surface area contributed by atoms with Crippen LogP contribution in [-0.2, 0) is 0 Å². The molecule has 0 amide bonds. The quantitative estimate of drug-likeness (QED) is 0.164. The van der Waals surface area contributed by atoms with Crippen molar-refractivity contribution in [2.24, 2.45) is 0 Å². The maximum absolute atomic E-state index is 6.71.